The Morgan fingerprint density at radius 2 is 0.767 bits per heavy atom. The lowest BCUT2D eigenvalue weighted by Crippen LogP contribution is -1.86. The fourth-order valence-electron chi connectivity index (χ4n) is 6.82. The van der Waals surface area contributed by atoms with Crippen molar-refractivity contribution in [1.29, 1.82) is 0 Å². The Morgan fingerprint density at radius 1 is 0.279 bits per heavy atom. The van der Waals surface area contributed by atoms with Gasteiger partial charge in [-0.05, 0) is 90.0 Å². The molecule has 0 amide bonds. The lowest BCUT2D eigenvalue weighted by Gasteiger charge is -2.12. The lowest BCUT2D eigenvalue weighted by atomic mass is 9.91. The minimum Gasteiger partial charge on any atom is -0.135 e. The van der Waals surface area contributed by atoms with E-state index in [1.54, 1.807) is 0 Å². The van der Waals surface area contributed by atoms with Crippen LogP contribution in [0.3, 0.4) is 0 Å². The molecular weight excluding hydrogens is 537 g/mol. The highest BCUT2D eigenvalue weighted by atomic mass is 32.1. The molecule has 0 N–H and O–H groups in total. The topological polar surface area (TPSA) is 0 Å². The molecule has 0 nitrogen and oxygen atoms in total. The summed E-state index contributed by atoms with van der Waals surface area (Å²) < 4.78 is 2.68. The van der Waals surface area contributed by atoms with Crippen molar-refractivity contribution >= 4 is 63.8 Å². The summed E-state index contributed by atoms with van der Waals surface area (Å²) in [6, 6.07) is 57.9. The van der Waals surface area contributed by atoms with Gasteiger partial charge < -0.3 is 0 Å². The van der Waals surface area contributed by atoms with E-state index in [1.807, 2.05) is 11.3 Å². The zero-order valence-electron chi connectivity index (χ0n) is 23.4. The van der Waals surface area contributed by atoms with Gasteiger partial charge in [0.25, 0.3) is 0 Å². The van der Waals surface area contributed by atoms with Gasteiger partial charge >= 0.3 is 0 Å². The van der Waals surface area contributed by atoms with Gasteiger partial charge in [-0.25, -0.2) is 0 Å². The van der Waals surface area contributed by atoms with E-state index in [1.165, 1.54) is 85.9 Å². The van der Waals surface area contributed by atoms with Crippen LogP contribution in [0.25, 0.3) is 85.9 Å². The van der Waals surface area contributed by atoms with Gasteiger partial charge in [-0.2, -0.15) is 0 Å². The maximum absolute atomic E-state index is 2.37. The first-order valence-corrected chi connectivity index (χ1v) is 15.6. The highest BCUT2D eigenvalue weighted by Crippen LogP contribution is 2.41. The van der Waals surface area contributed by atoms with Crippen molar-refractivity contribution in [2.75, 3.05) is 0 Å². The van der Waals surface area contributed by atoms with Crippen molar-refractivity contribution in [3.63, 3.8) is 0 Å². The molecule has 1 aromatic heterocycles. The average Bonchev–Trinajstić information content (AvgIpc) is 3.47. The summed E-state index contributed by atoms with van der Waals surface area (Å²) >= 11 is 1.87. The second kappa shape index (κ2) is 9.66. The first kappa shape index (κ1) is 24.4. The quantitative estimate of drug-likeness (QED) is 0.188. The van der Waals surface area contributed by atoms with Gasteiger partial charge in [-0.15, -0.1) is 11.3 Å². The van der Waals surface area contributed by atoms with Crippen LogP contribution in [0.1, 0.15) is 0 Å². The molecule has 1 heteroatoms. The molecule has 200 valence electrons. The van der Waals surface area contributed by atoms with Crippen LogP contribution in [0, 0.1) is 0 Å². The monoisotopic (exact) mass is 562 g/mol. The third-order valence-electron chi connectivity index (χ3n) is 8.87. The third-order valence-corrected chi connectivity index (χ3v) is 10.0. The molecule has 0 radical (unpaired) electrons. The molecule has 1 heterocycles. The molecule has 9 aromatic rings. The number of hydrogen-bond donors (Lipinski definition) is 0. The molecule has 0 saturated heterocycles. The molecule has 9 rings (SSSR count). The van der Waals surface area contributed by atoms with E-state index in [4.69, 9.17) is 0 Å². The fraction of sp³-hybridized carbons (Fsp3) is 0. The maximum Gasteiger partial charge on any atom is 0.0361 e. The van der Waals surface area contributed by atoms with Crippen molar-refractivity contribution < 1.29 is 0 Å². The first-order valence-electron chi connectivity index (χ1n) is 14.8. The molecule has 8 aromatic carbocycles. The van der Waals surface area contributed by atoms with Gasteiger partial charge in [-0.1, -0.05) is 133 Å². The van der Waals surface area contributed by atoms with Crippen LogP contribution in [0.4, 0.5) is 0 Å². The highest BCUT2D eigenvalue weighted by Gasteiger charge is 2.12. The number of fused-ring (bicyclic) bond motifs is 9. The Hall–Kier alpha value is -5.24. The second-order valence-electron chi connectivity index (χ2n) is 11.3. The molecule has 0 spiro atoms. The van der Waals surface area contributed by atoms with E-state index in [-0.39, 0.29) is 0 Å². The Labute approximate surface area is 254 Å². The number of hydrogen-bond acceptors (Lipinski definition) is 1. The molecule has 43 heavy (non-hydrogen) atoms. The second-order valence-corrected chi connectivity index (χ2v) is 12.4. The predicted molar refractivity (Wildman–Crippen MR) is 188 cm³/mol. The third kappa shape index (κ3) is 3.90. The molecular formula is C42H26S. The van der Waals surface area contributed by atoms with Crippen molar-refractivity contribution in [3.05, 3.63) is 158 Å². The zero-order valence-corrected chi connectivity index (χ0v) is 24.2. The van der Waals surface area contributed by atoms with Gasteiger partial charge in [0.05, 0.1) is 0 Å². The van der Waals surface area contributed by atoms with Crippen LogP contribution < -0.4 is 0 Å². The summed E-state index contributed by atoms with van der Waals surface area (Å²) in [6.45, 7) is 0. The summed E-state index contributed by atoms with van der Waals surface area (Å²) in [5, 5.41) is 10.5. The Morgan fingerprint density at radius 3 is 1.47 bits per heavy atom. The molecule has 0 saturated carbocycles. The van der Waals surface area contributed by atoms with Crippen LogP contribution in [0.15, 0.2) is 158 Å². The fourth-order valence-corrected chi connectivity index (χ4v) is 7.96. The Kier molecular flexibility index (Phi) is 5.47. The molecule has 0 unspecified atom stereocenters. The van der Waals surface area contributed by atoms with Gasteiger partial charge in [0, 0.05) is 20.2 Å². The molecule has 0 aliphatic rings. The largest absolute Gasteiger partial charge is 0.135 e. The number of thiophene rings is 1. The molecule has 0 aliphatic heterocycles. The van der Waals surface area contributed by atoms with E-state index in [2.05, 4.69) is 158 Å². The predicted octanol–water partition coefficient (Wildman–Crippen LogP) is 12.5. The number of benzene rings is 8. The minimum absolute atomic E-state index is 1.23. The Balaban J connectivity index is 1.12. The van der Waals surface area contributed by atoms with Crippen LogP contribution in [0.5, 0.6) is 0 Å². The minimum atomic E-state index is 1.23. The van der Waals surface area contributed by atoms with Crippen molar-refractivity contribution in [1.82, 2.24) is 0 Å². The van der Waals surface area contributed by atoms with Crippen molar-refractivity contribution in [3.8, 4) is 33.4 Å². The van der Waals surface area contributed by atoms with Gasteiger partial charge in [-0.3, -0.25) is 0 Å². The van der Waals surface area contributed by atoms with E-state index >= 15 is 0 Å². The maximum atomic E-state index is 2.37. The van der Waals surface area contributed by atoms with E-state index in [9.17, 15) is 0 Å². The van der Waals surface area contributed by atoms with E-state index in [0.29, 0.717) is 0 Å². The van der Waals surface area contributed by atoms with Gasteiger partial charge in [0.2, 0.25) is 0 Å². The first-order chi connectivity index (χ1) is 21.3. The van der Waals surface area contributed by atoms with Crippen LogP contribution in [0.2, 0.25) is 0 Å². The standard InChI is InChI=1S/C42H26S/c1-2-13-35-33(11-1)34-12-3-4-14-36(34)39-26-30(23-24-37(35)39)28-21-19-27(20-22-28)29-9-7-10-31(25-29)32-16-8-18-41-42(32)38-15-5-6-17-40(38)43-41/h1-26H. The van der Waals surface area contributed by atoms with Crippen molar-refractivity contribution in [2.24, 2.45) is 0 Å². The number of rotatable bonds is 3. The Bertz CT molecular complexity index is 2460. The zero-order chi connectivity index (χ0) is 28.3. The molecule has 0 aliphatic carbocycles. The normalized spacial score (nSPS) is 11.7. The van der Waals surface area contributed by atoms with Gasteiger partial charge in [0.1, 0.15) is 0 Å². The molecule has 0 atom stereocenters. The summed E-state index contributed by atoms with van der Waals surface area (Å²) in [5.74, 6) is 0. The summed E-state index contributed by atoms with van der Waals surface area (Å²) in [7, 11) is 0. The van der Waals surface area contributed by atoms with E-state index in [0.717, 1.165) is 0 Å². The van der Waals surface area contributed by atoms with E-state index < -0.39 is 0 Å². The van der Waals surface area contributed by atoms with Crippen LogP contribution in [-0.4, -0.2) is 0 Å². The smallest absolute Gasteiger partial charge is 0.0361 e. The molecule has 0 fully saturated rings. The average molecular weight is 563 g/mol. The molecule has 0 bridgehead atoms. The van der Waals surface area contributed by atoms with Gasteiger partial charge in [0.15, 0.2) is 0 Å². The lowest BCUT2D eigenvalue weighted by molar-refractivity contribution is 1.59. The summed E-state index contributed by atoms with van der Waals surface area (Å²) in [5.41, 5.74) is 7.48. The van der Waals surface area contributed by atoms with Crippen LogP contribution in [-0.2, 0) is 0 Å². The summed E-state index contributed by atoms with van der Waals surface area (Å²) in [6.07, 6.45) is 0. The van der Waals surface area contributed by atoms with Crippen molar-refractivity contribution in [2.45, 2.75) is 0 Å². The van der Waals surface area contributed by atoms with Crippen LogP contribution >= 0.6 is 11.3 Å². The summed E-state index contributed by atoms with van der Waals surface area (Å²) in [4.78, 5) is 0. The SMILES string of the molecule is c1cc(-c2ccc(-c3ccc4c5ccccc5c5ccccc5c4c3)cc2)cc(-c2cccc3sc4ccccc4c23)c1. The highest BCUT2D eigenvalue weighted by molar-refractivity contribution is 7.25.